The Morgan fingerprint density at radius 1 is 1.25 bits per heavy atom. The van der Waals surface area contributed by atoms with Gasteiger partial charge in [0.1, 0.15) is 11.6 Å². The number of amides is 2. The largest absolute Gasteiger partial charge is 0.464 e. The summed E-state index contributed by atoms with van der Waals surface area (Å²) in [6, 6.07) is 6.30. The highest BCUT2D eigenvalue weighted by molar-refractivity contribution is 5.87. The maximum absolute atomic E-state index is 11.9. The lowest BCUT2D eigenvalue weighted by Crippen LogP contribution is -2.38. The SMILES string of the molecule is CC(C)(C)OC(=O)Nc1ccc(CC(=O)N[C@@H]2CCOC2=O)cc1. The van der Waals surface area contributed by atoms with Gasteiger partial charge < -0.3 is 14.8 Å². The van der Waals surface area contributed by atoms with Crippen molar-refractivity contribution in [3.63, 3.8) is 0 Å². The molecule has 2 N–H and O–H groups in total. The lowest BCUT2D eigenvalue weighted by molar-refractivity contribution is -0.141. The topological polar surface area (TPSA) is 93.7 Å². The molecule has 1 fully saturated rings. The van der Waals surface area contributed by atoms with E-state index in [-0.39, 0.29) is 18.3 Å². The van der Waals surface area contributed by atoms with Crippen LogP contribution < -0.4 is 10.6 Å². The molecule has 1 aliphatic rings. The van der Waals surface area contributed by atoms with Crippen molar-refractivity contribution in [1.29, 1.82) is 0 Å². The van der Waals surface area contributed by atoms with Gasteiger partial charge in [-0.2, -0.15) is 0 Å². The number of hydrogen-bond donors (Lipinski definition) is 2. The monoisotopic (exact) mass is 334 g/mol. The van der Waals surface area contributed by atoms with E-state index >= 15 is 0 Å². The van der Waals surface area contributed by atoms with Gasteiger partial charge >= 0.3 is 12.1 Å². The first-order valence-electron chi connectivity index (χ1n) is 7.78. The zero-order valence-electron chi connectivity index (χ0n) is 14.0. The maximum atomic E-state index is 11.9. The molecule has 0 saturated carbocycles. The second-order valence-electron chi connectivity index (χ2n) is 6.58. The van der Waals surface area contributed by atoms with Crippen LogP contribution in [-0.4, -0.2) is 36.2 Å². The molecular formula is C17H22N2O5. The Hall–Kier alpha value is -2.57. The highest BCUT2D eigenvalue weighted by atomic mass is 16.6. The van der Waals surface area contributed by atoms with E-state index in [0.29, 0.717) is 18.7 Å². The van der Waals surface area contributed by atoms with E-state index < -0.39 is 17.7 Å². The summed E-state index contributed by atoms with van der Waals surface area (Å²) in [5.74, 6) is -0.632. The fourth-order valence-electron chi connectivity index (χ4n) is 2.19. The van der Waals surface area contributed by atoms with Crippen LogP contribution in [-0.2, 0) is 25.5 Å². The summed E-state index contributed by atoms with van der Waals surface area (Å²) < 4.78 is 9.96. The summed E-state index contributed by atoms with van der Waals surface area (Å²) in [7, 11) is 0. The van der Waals surface area contributed by atoms with E-state index in [9.17, 15) is 14.4 Å². The molecule has 1 atom stereocenters. The fraction of sp³-hybridized carbons (Fsp3) is 0.471. The number of hydrogen-bond acceptors (Lipinski definition) is 5. The van der Waals surface area contributed by atoms with E-state index in [4.69, 9.17) is 9.47 Å². The van der Waals surface area contributed by atoms with Gasteiger partial charge in [-0.3, -0.25) is 10.1 Å². The summed E-state index contributed by atoms with van der Waals surface area (Å²) in [4.78, 5) is 34.9. The molecule has 0 spiro atoms. The van der Waals surface area contributed by atoms with Crippen molar-refractivity contribution in [1.82, 2.24) is 5.32 Å². The maximum Gasteiger partial charge on any atom is 0.412 e. The predicted octanol–water partition coefficient (Wildman–Crippen LogP) is 2.01. The molecule has 0 unspecified atom stereocenters. The van der Waals surface area contributed by atoms with Gasteiger partial charge in [-0.25, -0.2) is 9.59 Å². The van der Waals surface area contributed by atoms with Gasteiger partial charge in [0, 0.05) is 12.1 Å². The number of nitrogens with one attached hydrogen (secondary N) is 2. The van der Waals surface area contributed by atoms with Crippen molar-refractivity contribution >= 4 is 23.7 Å². The average molecular weight is 334 g/mol. The summed E-state index contributed by atoms with van der Waals surface area (Å²) >= 11 is 0. The summed E-state index contributed by atoms with van der Waals surface area (Å²) in [6.45, 7) is 5.70. The Labute approximate surface area is 140 Å². The third kappa shape index (κ3) is 5.57. The molecule has 0 bridgehead atoms. The molecule has 2 amide bonds. The third-order valence-electron chi connectivity index (χ3n) is 3.23. The standard InChI is InChI=1S/C17H22N2O5/c1-17(2,3)24-16(22)18-12-6-4-11(5-7-12)10-14(20)19-13-8-9-23-15(13)21/h4-7,13H,8-10H2,1-3H3,(H,18,22)(H,19,20)/t13-/m1/s1. The first kappa shape index (κ1) is 17.8. The molecule has 1 saturated heterocycles. The van der Waals surface area contributed by atoms with Crippen LogP contribution in [0.15, 0.2) is 24.3 Å². The minimum Gasteiger partial charge on any atom is -0.464 e. The zero-order valence-corrected chi connectivity index (χ0v) is 14.0. The first-order valence-corrected chi connectivity index (χ1v) is 7.78. The fourth-order valence-corrected chi connectivity index (χ4v) is 2.19. The Morgan fingerprint density at radius 3 is 2.46 bits per heavy atom. The molecular weight excluding hydrogens is 312 g/mol. The molecule has 0 radical (unpaired) electrons. The molecule has 2 rings (SSSR count). The third-order valence-corrected chi connectivity index (χ3v) is 3.23. The Balaban J connectivity index is 1.84. The van der Waals surface area contributed by atoms with Crippen molar-refractivity contribution in [2.24, 2.45) is 0 Å². The van der Waals surface area contributed by atoms with Gasteiger partial charge in [0.2, 0.25) is 5.91 Å². The molecule has 24 heavy (non-hydrogen) atoms. The van der Waals surface area contributed by atoms with Crippen molar-refractivity contribution in [3.8, 4) is 0 Å². The normalized spacial score (nSPS) is 17.1. The van der Waals surface area contributed by atoms with Crippen LogP contribution in [0.3, 0.4) is 0 Å². The van der Waals surface area contributed by atoms with Crippen LogP contribution in [0.25, 0.3) is 0 Å². The van der Waals surface area contributed by atoms with Gasteiger partial charge in [-0.15, -0.1) is 0 Å². The number of benzene rings is 1. The minimum atomic E-state index is -0.566. The van der Waals surface area contributed by atoms with Crippen molar-refractivity contribution in [2.45, 2.75) is 45.3 Å². The second kappa shape index (κ2) is 7.33. The molecule has 1 heterocycles. The van der Waals surface area contributed by atoms with Crippen LogP contribution in [0, 0.1) is 0 Å². The summed E-state index contributed by atoms with van der Waals surface area (Å²) in [5.41, 5.74) is 0.783. The number of cyclic esters (lactones) is 1. The number of carbonyl (C=O) groups excluding carboxylic acids is 3. The number of ether oxygens (including phenoxy) is 2. The van der Waals surface area contributed by atoms with Crippen molar-refractivity contribution in [2.75, 3.05) is 11.9 Å². The summed E-state index contributed by atoms with van der Waals surface area (Å²) in [6.07, 6.45) is 0.118. The number of anilines is 1. The predicted molar refractivity (Wildman–Crippen MR) is 87.5 cm³/mol. The van der Waals surface area contributed by atoms with Crippen molar-refractivity contribution < 1.29 is 23.9 Å². The Bertz CT molecular complexity index is 619. The summed E-state index contributed by atoms with van der Waals surface area (Å²) in [5, 5.41) is 5.27. The zero-order chi connectivity index (χ0) is 17.7. The van der Waals surface area contributed by atoms with E-state index in [1.807, 2.05) is 0 Å². The van der Waals surface area contributed by atoms with Gasteiger partial charge in [0.25, 0.3) is 0 Å². The van der Waals surface area contributed by atoms with Gasteiger partial charge in [-0.1, -0.05) is 12.1 Å². The highest BCUT2D eigenvalue weighted by Crippen LogP contribution is 2.13. The lowest BCUT2D eigenvalue weighted by atomic mass is 10.1. The molecule has 130 valence electrons. The van der Waals surface area contributed by atoms with E-state index in [0.717, 1.165) is 5.56 Å². The minimum absolute atomic E-state index is 0.149. The lowest BCUT2D eigenvalue weighted by Gasteiger charge is -2.19. The van der Waals surface area contributed by atoms with E-state index in [2.05, 4.69) is 10.6 Å². The number of carbonyl (C=O) groups is 3. The van der Waals surface area contributed by atoms with Gasteiger partial charge in [-0.05, 0) is 38.5 Å². The average Bonchev–Trinajstić information content (AvgIpc) is 2.84. The van der Waals surface area contributed by atoms with E-state index in [1.54, 1.807) is 45.0 Å². The molecule has 0 aliphatic carbocycles. The smallest absolute Gasteiger partial charge is 0.412 e. The Morgan fingerprint density at radius 2 is 1.92 bits per heavy atom. The van der Waals surface area contributed by atoms with Crippen LogP contribution >= 0.6 is 0 Å². The van der Waals surface area contributed by atoms with Crippen LogP contribution in [0.5, 0.6) is 0 Å². The molecule has 0 aromatic heterocycles. The van der Waals surface area contributed by atoms with E-state index in [1.165, 1.54) is 0 Å². The molecule has 7 heteroatoms. The van der Waals surface area contributed by atoms with Gasteiger partial charge in [0.05, 0.1) is 13.0 Å². The number of rotatable bonds is 4. The van der Waals surface area contributed by atoms with Crippen LogP contribution in [0.1, 0.15) is 32.8 Å². The first-order chi connectivity index (χ1) is 11.2. The van der Waals surface area contributed by atoms with Crippen molar-refractivity contribution in [3.05, 3.63) is 29.8 Å². The molecule has 7 nitrogen and oxygen atoms in total. The van der Waals surface area contributed by atoms with Gasteiger partial charge in [0.15, 0.2) is 0 Å². The highest BCUT2D eigenvalue weighted by Gasteiger charge is 2.27. The molecule has 1 aliphatic heterocycles. The molecule has 1 aromatic carbocycles. The number of esters is 1. The quantitative estimate of drug-likeness (QED) is 0.822. The van der Waals surface area contributed by atoms with Crippen LogP contribution in [0.4, 0.5) is 10.5 Å². The second-order valence-corrected chi connectivity index (χ2v) is 6.58. The Kier molecular flexibility index (Phi) is 5.43. The molecule has 1 aromatic rings. The van der Waals surface area contributed by atoms with Crippen LogP contribution in [0.2, 0.25) is 0 Å².